The lowest BCUT2D eigenvalue weighted by Crippen LogP contribution is -2.37. The Morgan fingerprint density at radius 2 is 0.750 bits per heavy atom. The molecule has 0 unspecified atom stereocenters. The average molecular weight is 745 g/mol. The second-order valence-electron chi connectivity index (χ2n) is 13.0. The van der Waals surface area contributed by atoms with Crippen LogP contribution in [0.2, 0.25) is 0 Å². The van der Waals surface area contributed by atoms with Crippen molar-refractivity contribution >= 4 is 48.2 Å². The van der Waals surface area contributed by atoms with Crippen molar-refractivity contribution in [1.82, 2.24) is 21.5 Å². The second kappa shape index (κ2) is 20.9. The number of carbonyl (C=O) groups is 4. The summed E-state index contributed by atoms with van der Waals surface area (Å²) in [6, 6.07) is 45.5. The summed E-state index contributed by atoms with van der Waals surface area (Å²) in [7, 11) is 0. The van der Waals surface area contributed by atoms with Crippen molar-refractivity contribution in [1.29, 1.82) is 0 Å². The Hall–Kier alpha value is -7.20. The number of benzene rings is 5. The van der Waals surface area contributed by atoms with Gasteiger partial charge in [0, 0.05) is 0 Å². The highest BCUT2D eigenvalue weighted by Gasteiger charge is 2.24. The summed E-state index contributed by atoms with van der Waals surface area (Å²) < 4.78 is 0. The van der Waals surface area contributed by atoms with Gasteiger partial charge in [-0.1, -0.05) is 158 Å². The van der Waals surface area contributed by atoms with Gasteiger partial charge in [-0.3, -0.25) is 19.2 Å². The highest BCUT2D eigenvalue weighted by Crippen LogP contribution is 2.26. The Balaban J connectivity index is 1.05. The molecular formula is C46H44N6O4. The molecule has 10 nitrogen and oxygen atoms in total. The lowest BCUT2D eigenvalue weighted by atomic mass is 9.90. The summed E-state index contributed by atoms with van der Waals surface area (Å²) in [6.07, 6.45) is 6.91. The van der Waals surface area contributed by atoms with Gasteiger partial charge in [-0.05, 0) is 58.4 Å². The molecule has 0 aliphatic carbocycles. The fourth-order valence-electron chi connectivity index (χ4n) is 5.89. The quantitative estimate of drug-likeness (QED) is 0.0668. The van der Waals surface area contributed by atoms with E-state index in [2.05, 4.69) is 31.7 Å². The first-order valence-electron chi connectivity index (χ1n) is 18.1. The van der Waals surface area contributed by atoms with Gasteiger partial charge < -0.3 is 10.6 Å². The van der Waals surface area contributed by atoms with E-state index in [-0.39, 0.29) is 24.9 Å². The summed E-state index contributed by atoms with van der Waals surface area (Å²) >= 11 is 0. The van der Waals surface area contributed by atoms with E-state index in [4.69, 9.17) is 0 Å². The largest absolute Gasteiger partial charge is 0.346 e. The second-order valence-corrected chi connectivity index (χ2v) is 13.0. The molecule has 282 valence electrons. The van der Waals surface area contributed by atoms with Crippen molar-refractivity contribution < 1.29 is 19.2 Å². The molecule has 0 atom stereocenters. The Morgan fingerprint density at radius 1 is 0.464 bits per heavy atom. The summed E-state index contributed by atoms with van der Waals surface area (Å²) in [6.45, 7) is 3.29. The van der Waals surface area contributed by atoms with Gasteiger partial charge in [-0.15, -0.1) is 0 Å². The zero-order chi connectivity index (χ0) is 39.5. The fraction of sp³-hybridized carbons (Fsp3) is 0.130. The Morgan fingerprint density at radius 3 is 1.04 bits per heavy atom. The number of nitrogens with one attached hydrogen (secondary N) is 4. The molecule has 5 rings (SSSR count). The summed E-state index contributed by atoms with van der Waals surface area (Å²) in [5.74, 6) is -2.53. The van der Waals surface area contributed by atoms with Crippen molar-refractivity contribution in [2.45, 2.75) is 25.7 Å². The Labute approximate surface area is 327 Å². The summed E-state index contributed by atoms with van der Waals surface area (Å²) in [4.78, 5) is 51.2. The minimum absolute atomic E-state index is 0.219. The molecule has 0 heterocycles. The minimum atomic E-state index is -0.544. The molecule has 0 aromatic heterocycles. The Kier molecular flexibility index (Phi) is 14.9. The van der Waals surface area contributed by atoms with Crippen LogP contribution < -0.4 is 21.5 Å². The molecule has 4 N–H and O–H groups in total. The maximum absolute atomic E-state index is 13.1. The lowest BCUT2D eigenvalue weighted by Gasteiger charge is -2.17. The maximum Gasteiger partial charge on any atom is 0.259 e. The van der Waals surface area contributed by atoms with Gasteiger partial charge in [0.2, 0.25) is 11.8 Å². The molecule has 0 aliphatic rings. The van der Waals surface area contributed by atoms with Gasteiger partial charge >= 0.3 is 0 Å². The number of hydrogen-bond acceptors (Lipinski definition) is 6. The van der Waals surface area contributed by atoms with Crippen LogP contribution in [0.1, 0.15) is 59.1 Å². The van der Waals surface area contributed by atoms with Crippen molar-refractivity contribution in [3.8, 4) is 0 Å². The molecular weight excluding hydrogens is 701 g/mol. The number of nitrogens with zero attached hydrogens (tertiary/aromatic N) is 2. The molecule has 0 radical (unpaired) electrons. The molecule has 4 amide bonds. The monoisotopic (exact) mass is 744 g/mol. The predicted molar refractivity (Wildman–Crippen MR) is 222 cm³/mol. The highest BCUT2D eigenvalue weighted by atomic mass is 16.2. The van der Waals surface area contributed by atoms with E-state index in [1.165, 1.54) is 12.4 Å². The number of carbonyl (C=O) groups excluding carboxylic acids is 4. The van der Waals surface area contributed by atoms with Gasteiger partial charge in [0.05, 0.1) is 37.4 Å². The number of hydrazone groups is 2. The number of hydrogen-bond donors (Lipinski definition) is 4. The van der Waals surface area contributed by atoms with Gasteiger partial charge in [0.15, 0.2) is 0 Å². The molecule has 0 fully saturated rings. The molecule has 0 saturated carbocycles. The van der Waals surface area contributed by atoms with Crippen molar-refractivity contribution in [3.63, 3.8) is 0 Å². The zero-order valence-electron chi connectivity index (χ0n) is 31.3. The number of allylic oxidation sites excluding steroid dienone is 2. The van der Waals surface area contributed by atoms with Crippen molar-refractivity contribution in [2.24, 2.45) is 10.2 Å². The third kappa shape index (κ3) is 12.4. The van der Waals surface area contributed by atoms with Gasteiger partial charge in [-0.2, -0.15) is 10.2 Å². The summed E-state index contributed by atoms with van der Waals surface area (Å²) in [5.41, 5.74) is 11.7. The Bertz CT molecular complexity index is 1950. The van der Waals surface area contributed by atoms with E-state index in [1.54, 1.807) is 0 Å². The van der Waals surface area contributed by atoms with Crippen LogP contribution in [-0.2, 0) is 19.2 Å². The van der Waals surface area contributed by atoms with Gasteiger partial charge in [0.1, 0.15) is 0 Å². The van der Waals surface area contributed by atoms with Crippen LogP contribution in [0.25, 0.3) is 12.2 Å². The average Bonchev–Trinajstić information content (AvgIpc) is 3.22. The van der Waals surface area contributed by atoms with Crippen LogP contribution >= 0.6 is 0 Å². The van der Waals surface area contributed by atoms with Crippen molar-refractivity contribution in [2.75, 3.05) is 13.1 Å². The van der Waals surface area contributed by atoms with Crippen LogP contribution in [0.4, 0.5) is 0 Å². The van der Waals surface area contributed by atoms with Crippen molar-refractivity contribution in [3.05, 3.63) is 190 Å². The van der Waals surface area contributed by atoms with E-state index in [0.717, 1.165) is 44.5 Å². The van der Waals surface area contributed by atoms with E-state index in [9.17, 15) is 19.2 Å². The normalized spacial score (nSPS) is 11.9. The maximum atomic E-state index is 13.1. The molecule has 0 spiro atoms. The zero-order valence-corrected chi connectivity index (χ0v) is 31.3. The first-order chi connectivity index (χ1) is 27.3. The third-order valence-corrected chi connectivity index (χ3v) is 8.54. The van der Waals surface area contributed by atoms with E-state index in [0.29, 0.717) is 0 Å². The molecule has 0 aliphatic heterocycles. The van der Waals surface area contributed by atoms with Gasteiger partial charge in [-0.25, -0.2) is 10.9 Å². The van der Waals surface area contributed by atoms with E-state index >= 15 is 0 Å². The van der Waals surface area contributed by atoms with Crippen LogP contribution in [0.15, 0.2) is 167 Å². The molecule has 0 saturated heterocycles. The lowest BCUT2D eigenvalue weighted by molar-refractivity contribution is -0.126. The minimum Gasteiger partial charge on any atom is -0.346 e. The standard InChI is InChI=1S/C46H44N6O4/c1-33(29-49-51-41(53)31-47-45(55)43(37-15-7-3-8-16-37)38-17-9-4-10-18-38)27-35-23-25-36(26-24-35)28-34(2)30-50-52-42(54)32-48-46(56)44(39-19-11-5-12-20-39)40-21-13-6-14-22-40/h3-30,43-44H,31-32H2,1-2H3,(H,47,55)(H,48,56)(H,51,53)(H,52,54)/b33-27-,34-28+,49-29-,50-30+. The molecule has 5 aromatic carbocycles. The molecule has 5 aromatic rings. The fourth-order valence-corrected chi connectivity index (χ4v) is 5.89. The van der Waals surface area contributed by atoms with Crippen LogP contribution in [-0.4, -0.2) is 49.1 Å². The van der Waals surface area contributed by atoms with E-state index in [1.807, 2.05) is 172 Å². The number of rotatable bonds is 16. The SMILES string of the molecule is CC(/C=N\NC(=O)CNC(=O)C(c1ccccc1)c1ccccc1)=C/c1ccc(/C=C(C)/C=N/NC(=O)CNC(=O)C(c2ccccc2)c2ccccc2)cc1. The van der Waals surface area contributed by atoms with Crippen LogP contribution in [0, 0.1) is 0 Å². The third-order valence-electron chi connectivity index (χ3n) is 8.54. The topological polar surface area (TPSA) is 141 Å². The predicted octanol–water partition coefficient (Wildman–Crippen LogP) is 6.59. The molecule has 10 heteroatoms. The van der Waals surface area contributed by atoms with Crippen LogP contribution in [0.5, 0.6) is 0 Å². The van der Waals surface area contributed by atoms with E-state index < -0.39 is 23.7 Å². The molecule has 56 heavy (non-hydrogen) atoms. The number of amides is 4. The first-order valence-corrected chi connectivity index (χ1v) is 18.1. The van der Waals surface area contributed by atoms with Crippen LogP contribution in [0.3, 0.4) is 0 Å². The first kappa shape index (κ1) is 40.0. The molecule has 0 bridgehead atoms. The smallest absolute Gasteiger partial charge is 0.259 e. The summed E-state index contributed by atoms with van der Waals surface area (Å²) in [5, 5.41) is 13.5. The van der Waals surface area contributed by atoms with Gasteiger partial charge in [0.25, 0.3) is 11.8 Å². The highest BCUT2D eigenvalue weighted by molar-refractivity contribution is 5.93.